The minimum Gasteiger partial charge on any atom is -0.491 e. The van der Waals surface area contributed by atoms with Gasteiger partial charge in [0, 0.05) is 42.3 Å². The van der Waals surface area contributed by atoms with E-state index >= 15 is 0 Å². The molecule has 0 saturated heterocycles. The molecular weight excluding hydrogens is 483 g/mol. The van der Waals surface area contributed by atoms with Crippen molar-refractivity contribution in [1.82, 2.24) is 14.9 Å². The summed E-state index contributed by atoms with van der Waals surface area (Å²) in [5.41, 5.74) is 1.93. The van der Waals surface area contributed by atoms with Gasteiger partial charge in [0.15, 0.2) is 5.78 Å². The maximum Gasteiger partial charge on any atom is 0.159 e. The minimum atomic E-state index is -0.501. The third-order valence-electron chi connectivity index (χ3n) is 5.62. The van der Waals surface area contributed by atoms with Gasteiger partial charge in [-0.15, -0.1) is 0 Å². The van der Waals surface area contributed by atoms with Gasteiger partial charge in [-0.25, -0.2) is 14.4 Å². The number of anilines is 2. The summed E-state index contributed by atoms with van der Waals surface area (Å²) in [6.07, 6.45) is 5.10. The zero-order valence-corrected chi connectivity index (χ0v) is 21.6. The second kappa shape index (κ2) is 13.9. The second-order valence-electron chi connectivity index (χ2n) is 8.03. The van der Waals surface area contributed by atoms with Crippen LogP contribution in [0, 0.1) is 5.82 Å². The summed E-state index contributed by atoms with van der Waals surface area (Å²) >= 11 is 5.93. The van der Waals surface area contributed by atoms with E-state index in [1.165, 1.54) is 18.5 Å². The number of benzene rings is 2. The van der Waals surface area contributed by atoms with Crippen molar-refractivity contribution in [1.29, 1.82) is 0 Å². The Balaban J connectivity index is 1.90. The van der Waals surface area contributed by atoms with Crippen LogP contribution in [0.15, 0.2) is 48.8 Å². The summed E-state index contributed by atoms with van der Waals surface area (Å²) in [5, 5.41) is 3.87. The number of ether oxygens (including phenoxy) is 2. The number of hydrogen-bond acceptors (Lipinski definition) is 7. The third-order valence-corrected chi connectivity index (χ3v) is 5.91. The molecule has 192 valence electrons. The van der Waals surface area contributed by atoms with Gasteiger partial charge in [-0.1, -0.05) is 31.5 Å². The Morgan fingerprint density at radius 1 is 1.14 bits per heavy atom. The van der Waals surface area contributed by atoms with E-state index in [1.807, 2.05) is 19.1 Å². The molecule has 7 nitrogen and oxygen atoms in total. The number of likely N-dealkylation sites (N-methyl/N-ethyl adjacent to an activating group) is 1. The molecule has 0 aliphatic carbocycles. The number of halogens is 2. The number of rotatable bonds is 14. The number of hydrogen-bond donors (Lipinski definition) is 1. The molecule has 3 rings (SSSR count). The highest BCUT2D eigenvalue weighted by atomic mass is 35.5. The van der Waals surface area contributed by atoms with Crippen molar-refractivity contribution in [2.45, 2.75) is 27.2 Å². The fourth-order valence-corrected chi connectivity index (χ4v) is 3.81. The number of carbonyl (C=O) groups excluding carboxylic acids is 1. The maximum absolute atomic E-state index is 13.6. The van der Waals surface area contributed by atoms with E-state index in [2.05, 4.69) is 34.0 Å². The van der Waals surface area contributed by atoms with E-state index in [1.54, 1.807) is 18.2 Å². The lowest BCUT2D eigenvalue weighted by Crippen LogP contribution is -2.22. The van der Waals surface area contributed by atoms with Gasteiger partial charge < -0.3 is 19.7 Å². The van der Waals surface area contributed by atoms with Crippen molar-refractivity contribution in [3.05, 3.63) is 65.2 Å². The minimum absolute atomic E-state index is 0.00568. The summed E-state index contributed by atoms with van der Waals surface area (Å²) in [6, 6.07) is 8.00. The van der Waals surface area contributed by atoms with Crippen LogP contribution in [0.25, 0.3) is 10.9 Å². The molecule has 0 atom stereocenters. The Hall–Kier alpha value is -3.07. The van der Waals surface area contributed by atoms with Gasteiger partial charge in [0.25, 0.3) is 0 Å². The lowest BCUT2D eigenvalue weighted by Gasteiger charge is -2.15. The number of nitrogens with one attached hydrogen (secondary N) is 1. The summed E-state index contributed by atoms with van der Waals surface area (Å²) in [6.45, 7) is 10.1. The van der Waals surface area contributed by atoms with Crippen LogP contribution in [0.5, 0.6) is 5.75 Å². The fourth-order valence-electron chi connectivity index (χ4n) is 3.63. The molecule has 9 heteroatoms. The number of carbonyl (C=O) groups is 1. The van der Waals surface area contributed by atoms with Crippen LogP contribution in [0.2, 0.25) is 5.02 Å². The van der Waals surface area contributed by atoms with Crippen LogP contribution in [-0.4, -0.2) is 60.1 Å². The van der Waals surface area contributed by atoms with Gasteiger partial charge in [0.1, 0.15) is 30.3 Å². The van der Waals surface area contributed by atoms with Crippen LogP contribution < -0.4 is 10.1 Å². The average Bonchev–Trinajstić information content (AvgIpc) is 2.87. The Morgan fingerprint density at radius 3 is 2.67 bits per heavy atom. The zero-order chi connectivity index (χ0) is 25.9. The maximum atomic E-state index is 13.6. The van der Waals surface area contributed by atoms with Gasteiger partial charge in [0.05, 0.1) is 17.1 Å². The van der Waals surface area contributed by atoms with Crippen molar-refractivity contribution < 1.29 is 18.7 Å². The average molecular weight is 515 g/mol. The molecule has 3 aromatic rings. The van der Waals surface area contributed by atoms with Crippen LogP contribution in [0.4, 0.5) is 15.9 Å². The first-order chi connectivity index (χ1) is 17.4. The molecule has 0 saturated carbocycles. The zero-order valence-electron chi connectivity index (χ0n) is 20.9. The molecular formula is C27H32ClFN4O3. The molecule has 0 unspecified atom stereocenters. The number of nitrogens with zero attached hydrogens (tertiary/aromatic N) is 3. The Bertz CT molecular complexity index is 1200. The molecule has 0 aliphatic rings. The summed E-state index contributed by atoms with van der Waals surface area (Å²) in [5.74, 6) is 0.544. The Kier molecular flexibility index (Phi) is 10.6. The van der Waals surface area contributed by atoms with Crippen molar-refractivity contribution in [2.24, 2.45) is 0 Å². The van der Waals surface area contributed by atoms with Crippen molar-refractivity contribution in [3.8, 4) is 5.75 Å². The molecule has 0 amide bonds. The Labute approximate surface area is 216 Å². The van der Waals surface area contributed by atoms with Crippen LogP contribution in [0.1, 0.15) is 26.3 Å². The topological polar surface area (TPSA) is 76.6 Å². The molecule has 0 aliphatic heterocycles. The first-order valence-corrected chi connectivity index (χ1v) is 12.4. The van der Waals surface area contributed by atoms with Crippen LogP contribution in [-0.2, 0) is 16.0 Å². The molecule has 1 aromatic heterocycles. The van der Waals surface area contributed by atoms with E-state index in [0.29, 0.717) is 53.5 Å². The summed E-state index contributed by atoms with van der Waals surface area (Å²) in [7, 11) is 0. The number of ketones is 1. The van der Waals surface area contributed by atoms with Gasteiger partial charge >= 0.3 is 0 Å². The fraction of sp³-hybridized carbons (Fsp3) is 0.370. The molecule has 2 aromatic carbocycles. The highest BCUT2D eigenvalue weighted by Crippen LogP contribution is 2.31. The van der Waals surface area contributed by atoms with E-state index in [0.717, 1.165) is 19.6 Å². The van der Waals surface area contributed by atoms with Crippen molar-refractivity contribution in [3.63, 3.8) is 0 Å². The molecule has 1 heterocycles. The lowest BCUT2D eigenvalue weighted by atomic mass is 10.0. The van der Waals surface area contributed by atoms with Gasteiger partial charge in [0.2, 0.25) is 0 Å². The Morgan fingerprint density at radius 2 is 1.94 bits per heavy atom. The summed E-state index contributed by atoms with van der Waals surface area (Å²) < 4.78 is 24.9. The normalized spacial score (nSPS) is 11.5. The highest BCUT2D eigenvalue weighted by Gasteiger charge is 2.14. The third kappa shape index (κ3) is 7.71. The SMILES string of the molecule is CCOCCOc1cc2ncnc(Nc3ccc(F)c(Cl)c3)c2cc1CC(=O)/C=C/CN(CC)CC. The highest BCUT2D eigenvalue weighted by molar-refractivity contribution is 6.31. The number of aromatic nitrogens is 2. The molecule has 1 N–H and O–H groups in total. The second-order valence-corrected chi connectivity index (χ2v) is 8.44. The molecule has 0 spiro atoms. The summed E-state index contributed by atoms with van der Waals surface area (Å²) in [4.78, 5) is 23.7. The van der Waals surface area contributed by atoms with Gasteiger partial charge in [-0.3, -0.25) is 4.79 Å². The molecule has 36 heavy (non-hydrogen) atoms. The number of allylic oxidation sites excluding steroid dienone is 1. The van der Waals surface area contributed by atoms with E-state index in [4.69, 9.17) is 21.1 Å². The monoisotopic (exact) mass is 514 g/mol. The van der Waals surface area contributed by atoms with E-state index < -0.39 is 5.82 Å². The molecule has 0 bridgehead atoms. The lowest BCUT2D eigenvalue weighted by molar-refractivity contribution is -0.114. The predicted molar refractivity (Wildman–Crippen MR) is 142 cm³/mol. The first-order valence-electron chi connectivity index (χ1n) is 12.1. The van der Waals surface area contributed by atoms with Gasteiger partial charge in [-0.05, 0) is 50.4 Å². The largest absolute Gasteiger partial charge is 0.491 e. The number of fused-ring (bicyclic) bond motifs is 1. The van der Waals surface area contributed by atoms with Crippen LogP contribution >= 0.6 is 11.6 Å². The van der Waals surface area contributed by atoms with E-state index in [9.17, 15) is 9.18 Å². The first kappa shape index (κ1) is 27.5. The van der Waals surface area contributed by atoms with Crippen LogP contribution in [0.3, 0.4) is 0 Å². The quantitative estimate of drug-likeness (QED) is 0.222. The standard InChI is InChI=1S/C27H32ClFN4O3/c1-4-33(5-2)11-7-8-21(34)14-19-15-22-25(17-26(19)36-13-12-35-6-3)30-18-31-27(22)32-20-9-10-24(29)23(28)16-20/h7-10,15-18H,4-6,11-14H2,1-3H3,(H,30,31,32)/b8-7+. The van der Waals surface area contributed by atoms with Crippen molar-refractivity contribution >= 4 is 39.8 Å². The van der Waals surface area contributed by atoms with Gasteiger partial charge in [-0.2, -0.15) is 0 Å². The smallest absolute Gasteiger partial charge is 0.159 e. The molecule has 0 radical (unpaired) electrons. The van der Waals surface area contributed by atoms with Crippen molar-refractivity contribution in [2.75, 3.05) is 44.8 Å². The van der Waals surface area contributed by atoms with E-state index in [-0.39, 0.29) is 17.2 Å². The predicted octanol–water partition coefficient (Wildman–Crippen LogP) is 5.59. The molecule has 0 fully saturated rings.